The van der Waals surface area contributed by atoms with Crippen molar-refractivity contribution in [2.24, 2.45) is 0 Å². The Morgan fingerprint density at radius 2 is 1.76 bits per heavy atom. The Hall–Kier alpha value is -4.24. The fraction of sp³-hybridized carbons (Fsp3) is 0.281. The van der Waals surface area contributed by atoms with Crippen molar-refractivity contribution in [2.45, 2.75) is 59.6 Å². The van der Waals surface area contributed by atoms with Gasteiger partial charge in [-0.05, 0) is 61.6 Å². The molecule has 0 saturated carbocycles. The molecule has 0 atom stereocenters. The molecule has 1 aromatic heterocycles. The number of hydrogen-bond acceptors (Lipinski definition) is 4. The van der Waals surface area contributed by atoms with Crippen LogP contribution in [0.4, 0.5) is 4.39 Å². The fourth-order valence-electron chi connectivity index (χ4n) is 4.60. The van der Waals surface area contributed by atoms with Gasteiger partial charge in [-0.25, -0.2) is 9.37 Å². The first kappa shape index (κ1) is 26.8. The van der Waals surface area contributed by atoms with Crippen molar-refractivity contribution in [3.8, 4) is 34.1 Å². The molecule has 0 aliphatic heterocycles. The van der Waals surface area contributed by atoms with E-state index in [1.54, 1.807) is 22.8 Å². The number of aromatic nitrogens is 2. The standard InChI is InChI=1S/C32H32FN3O2/c1-5-9-30-35-29(6-2)31(27-17-16-25(18-28(27)33)38-21(3)4)32(37)36(30)20-22-12-14-23(15-13-22)26-11-8-7-10-24(26)19-34/h7-8,10-18,21H,5-6,9,20H2,1-4H3. The van der Waals surface area contributed by atoms with E-state index < -0.39 is 5.82 Å². The van der Waals surface area contributed by atoms with Gasteiger partial charge in [0.25, 0.3) is 5.56 Å². The van der Waals surface area contributed by atoms with Crippen LogP contribution < -0.4 is 10.3 Å². The summed E-state index contributed by atoms with van der Waals surface area (Å²) < 4.78 is 22.6. The van der Waals surface area contributed by atoms with E-state index >= 15 is 4.39 Å². The van der Waals surface area contributed by atoms with Crippen molar-refractivity contribution >= 4 is 0 Å². The topological polar surface area (TPSA) is 67.9 Å². The highest BCUT2D eigenvalue weighted by atomic mass is 19.1. The predicted molar refractivity (Wildman–Crippen MR) is 149 cm³/mol. The van der Waals surface area contributed by atoms with Crippen molar-refractivity contribution in [2.75, 3.05) is 0 Å². The average molecular weight is 510 g/mol. The summed E-state index contributed by atoms with van der Waals surface area (Å²) >= 11 is 0. The minimum absolute atomic E-state index is 0.0848. The highest BCUT2D eigenvalue weighted by Gasteiger charge is 2.20. The number of benzene rings is 3. The maximum atomic E-state index is 15.3. The molecule has 194 valence electrons. The summed E-state index contributed by atoms with van der Waals surface area (Å²) in [5.41, 5.74) is 4.18. The molecule has 0 radical (unpaired) electrons. The van der Waals surface area contributed by atoms with Crippen molar-refractivity contribution in [1.82, 2.24) is 9.55 Å². The molecule has 4 rings (SSSR count). The Morgan fingerprint density at radius 3 is 2.39 bits per heavy atom. The van der Waals surface area contributed by atoms with Crippen LogP contribution in [0.1, 0.15) is 56.8 Å². The van der Waals surface area contributed by atoms with Gasteiger partial charge >= 0.3 is 0 Å². The molecule has 0 fully saturated rings. The second-order valence-corrected chi connectivity index (χ2v) is 9.51. The molecule has 0 aliphatic carbocycles. The number of rotatable bonds is 9. The van der Waals surface area contributed by atoms with Crippen molar-refractivity contribution in [3.05, 3.63) is 106 Å². The summed E-state index contributed by atoms with van der Waals surface area (Å²) in [7, 11) is 0. The van der Waals surface area contributed by atoms with E-state index in [0.29, 0.717) is 47.8 Å². The Morgan fingerprint density at radius 1 is 1.03 bits per heavy atom. The van der Waals surface area contributed by atoms with Gasteiger partial charge < -0.3 is 4.74 Å². The SMILES string of the molecule is CCCc1nc(CC)c(-c2ccc(OC(C)C)cc2F)c(=O)n1Cc1ccc(-c2ccccc2C#N)cc1. The zero-order valence-corrected chi connectivity index (χ0v) is 22.3. The van der Waals surface area contributed by atoms with Crippen molar-refractivity contribution in [1.29, 1.82) is 5.26 Å². The van der Waals surface area contributed by atoms with Crippen LogP contribution in [0.25, 0.3) is 22.3 Å². The molecule has 5 nitrogen and oxygen atoms in total. The van der Waals surface area contributed by atoms with E-state index in [9.17, 15) is 10.1 Å². The van der Waals surface area contributed by atoms with E-state index in [1.807, 2.05) is 70.2 Å². The zero-order chi connectivity index (χ0) is 27.2. The summed E-state index contributed by atoms with van der Waals surface area (Å²) in [5, 5.41) is 9.45. The van der Waals surface area contributed by atoms with Crippen molar-refractivity contribution < 1.29 is 9.13 Å². The van der Waals surface area contributed by atoms with E-state index in [2.05, 4.69) is 6.07 Å². The number of nitriles is 1. The molecule has 4 aromatic rings. The fourth-order valence-corrected chi connectivity index (χ4v) is 4.60. The molecule has 0 bridgehead atoms. The van der Waals surface area contributed by atoms with Crippen LogP contribution in [0.2, 0.25) is 0 Å². The van der Waals surface area contributed by atoms with Gasteiger partial charge in [-0.1, -0.05) is 56.3 Å². The zero-order valence-electron chi connectivity index (χ0n) is 22.3. The quantitative estimate of drug-likeness (QED) is 0.245. The second-order valence-electron chi connectivity index (χ2n) is 9.51. The summed E-state index contributed by atoms with van der Waals surface area (Å²) in [6.45, 7) is 8.05. The molecule has 0 unspecified atom stereocenters. The van der Waals surface area contributed by atoms with Gasteiger partial charge in [0.15, 0.2) is 0 Å². The molecule has 3 aromatic carbocycles. The highest BCUT2D eigenvalue weighted by molar-refractivity contribution is 5.70. The predicted octanol–water partition coefficient (Wildman–Crippen LogP) is 6.94. The number of hydrogen-bond donors (Lipinski definition) is 0. The smallest absolute Gasteiger partial charge is 0.262 e. The molecule has 0 spiro atoms. The lowest BCUT2D eigenvalue weighted by atomic mass is 9.99. The third-order valence-corrected chi connectivity index (χ3v) is 6.37. The van der Waals surface area contributed by atoms with E-state index in [0.717, 1.165) is 23.1 Å². The lowest BCUT2D eigenvalue weighted by molar-refractivity contribution is 0.241. The van der Waals surface area contributed by atoms with Crippen LogP contribution in [0, 0.1) is 17.1 Å². The van der Waals surface area contributed by atoms with Crippen LogP contribution in [0.3, 0.4) is 0 Å². The number of aryl methyl sites for hydroxylation is 2. The molecule has 6 heteroatoms. The first-order valence-electron chi connectivity index (χ1n) is 13.0. The molecular formula is C32H32FN3O2. The summed E-state index contributed by atoms with van der Waals surface area (Å²) in [4.78, 5) is 18.8. The highest BCUT2D eigenvalue weighted by Crippen LogP contribution is 2.28. The van der Waals surface area contributed by atoms with Crippen LogP contribution in [-0.4, -0.2) is 15.7 Å². The van der Waals surface area contributed by atoms with Gasteiger partial charge in [-0.3, -0.25) is 9.36 Å². The van der Waals surface area contributed by atoms with Gasteiger partial charge in [-0.2, -0.15) is 5.26 Å². The molecule has 0 amide bonds. The monoisotopic (exact) mass is 509 g/mol. The molecule has 0 saturated heterocycles. The van der Waals surface area contributed by atoms with Crippen LogP contribution >= 0.6 is 0 Å². The Labute approximate surface area is 223 Å². The van der Waals surface area contributed by atoms with E-state index in [-0.39, 0.29) is 17.2 Å². The van der Waals surface area contributed by atoms with Crippen LogP contribution in [0.15, 0.2) is 71.5 Å². The summed E-state index contributed by atoms with van der Waals surface area (Å²) in [6, 6.07) is 22.2. The van der Waals surface area contributed by atoms with Crippen LogP contribution in [0.5, 0.6) is 5.75 Å². The van der Waals surface area contributed by atoms with Crippen molar-refractivity contribution in [3.63, 3.8) is 0 Å². The minimum Gasteiger partial charge on any atom is -0.491 e. The summed E-state index contributed by atoms with van der Waals surface area (Å²) in [5.74, 6) is 0.609. The van der Waals surface area contributed by atoms with Gasteiger partial charge in [-0.15, -0.1) is 0 Å². The Kier molecular flexibility index (Phi) is 8.38. The summed E-state index contributed by atoms with van der Waals surface area (Å²) in [6.07, 6.45) is 1.89. The first-order valence-corrected chi connectivity index (χ1v) is 13.0. The van der Waals surface area contributed by atoms with Crippen LogP contribution in [-0.2, 0) is 19.4 Å². The number of ether oxygens (including phenoxy) is 1. The average Bonchev–Trinajstić information content (AvgIpc) is 2.91. The number of halogens is 1. The molecule has 0 N–H and O–H groups in total. The lowest BCUT2D eigenvalue weighted by Crippen LogP contribution is -2.29. The third-order valence-electron chi connectivity index (χ3n) is 6.37. The largest absolute Gasteiger partial charge is 0.491 e. The molecule has 0 aliphatic rings. The lowest BCUT2D eigenvalue weighted by Gasteiger charge is -2.18. The van der Waals surface area contributed by atoms with E-state index in [4.69, 9.17) is 9.72 Å². The second kappa shape index (κ2) is 11.9. The van der Waals surface area contributed by atoms with Gasteiger partial charge in [0.05, 0.1) is 35.5 Å². The first-order chi connectivity index (χ1) is 18.4. The third kappa shape index (κ3) is 5.68. The maximum Gasteiger partial charge on any atom is 0.262 e. The Bertz CT molecular complexity index is 1530. The van der Waals surface area contributed by atoms with Gasteiger partial charge in [0, 0.05) is 18.1 Å². The van der Waals surface area contributed by atoms with Gasteiger partial charge in [0.2, 0.25) is 0 Å². The molecule has 1 heterocycles. The normalized spacial score (nSPS) is 11.0. The minimum atomic E-state index is -0.507. The Balaban J connectivity index is 1.77. The number of nitrogens with zero attached hydrogens (tertiary/aromatic N) is 3. The van der Waals surface area contributed by atoms with E-state index in [1.165, 1.54) is 6.07 Å². The molecular weight excluding hydrogens is 477 g/mol. The molecule has 38 heavy (non-hydrogen) atoms. The van der Waals surface area contributed by atoms with Gasteiger partial charge in [0.1, 0.15) is 17.4 Å². The maximum absolute atomic E-state index is 15.3.